The predicted octanol–water partition coefficient (Wildman–Crippen LogP) is 3.28. The lowest BCUT2D eigenvalue weighted by Crippen LogP contribution is -2.26. The minimum atomic E-state index is -0.276. The Morgan fingerprint density at radius 2 is 2.00 bits per heavy atom. The summed E-state index contributed by atoms with van der Waals surface area (Å²) in [4.78, 5) is 12.3. The Morgan fingerprint density at radius 3 is 2.76 bits per heavy atom. The molecule has 0 aliphatic carbocycles. The molecule has 2 aromatic carbocycles. The smallest absolute Gasteiger partial charge is 0.251 e. The maximum absolute atomic E-state index is 12.9. The number of carbonyl (C=O) groups excluding carboxylic acids is 1. The van der Waals surface area contributed by atoms with E-state index in [2.05, 4.69) is 10.6 Å². The van der Waals surface area contributed by atoms with Crippen molar-refractivity contribution in [3.63, 3.8) is 0 Å². The van der Waals surface area contributed by atoms with Gasteiger partial charge in [0.25, 0.3) is 5.91 Å². The van der Waals surface area contributed by atoms with Gasteiger partial charge >= 0.3 is 0 Å². The number of hydrogen-bond acceptors (Lipinski definition) is 2. The van der Waals surface area contributed by atoms with Crippen LogP contribution in [0.1, 0.15) is 34.5 Å². The predicted molar refractivity (Wildman–Crippen MR) is 80.9 cm³/mol. The molecule has 0 fully saturated rings. The molecule has 1 atom stereocenters. The second-order valence-electron chi connectivity index (χ2n) is 5.30. The lowest BCUT2D eigenvalue weighted by atomic mass is 10.1. The molecule has 1 aliphatic rings. The largest absolute Gasteiger partial charge is 0.384 e. The zero-order valence-electron chi connectivity index (χ0n) is 11.8. The maximum atomic E-state index is 12.9. The van der Waals surface area contributed by atoms with E-state index in [1.807, 2.05) is 25.1 Å². The van der Waals surface area contributed by atoms with Gasteiger partial charge in [0, 0.05) is 17.8 Å². The number of hydrogen-bond donors (Lipinski definition) is 2. The minimum absolute atomic E-state index is 0.122. The molecule has 0 radical (unpaired) electrons. The van der Waals surface area contributed by atoms with Gasteiger partial charge in [-0.3, -0.25) is 4.79 Å². The number of nitrogens with one attached hydrogen (secondary N) is 2. The van der Waals surface area contributed by atoms with Crippen LogP contribution >= 0.6 is 0 Å². The van der Waals surface area contributed by atoms with Gasteiger partial charge in [-0.2, -0.15) is 0 Å². The van der Waals surface area contributed by atoms with Crippen LogP contribution in [0.25, 0.3) is 0 Å². The summed E-state index contributed by atoms with van der Waals surface area (Å²) in [6.45, 7) is 2.81. The highest BCUT2D eigenvalue weighted by molar-refractivity contribution is 5.95. The number of anilines is 1. The van der Waals surface area contributed by atoms with Crippen molar-refractivity contribution in [3.8, 4) is 0 Å². The number of halogens is 1. The van der Waals surface area contributed by atoms with Gasteiger partial charge in [0.05, 0.1) is 6.04 Å². The molecular formula is C17H17FN2O. The minimum Gasteiger partial charge on any atom is -0.384 e. The summed E-state index contributed by atoms with van der Waals surface area (Å²) in [7, 11) is 0. The Hall–Kier alpha value is -2.36. The van der Waals surface area contributed by atoms with Crippen molar-refractivity contribution < 1.29 is 9.18 Å². The van der Waals surface area contributed by atoms with Crippen molar-refractivity contribution in [3.05, 3.63) is 65.0 Å². The Bertz CT molecular complexity index is 667. The van der Waals surface area contributed by atoms with Gasteiger partial charge in [0.2, 0.25) is 0 Å². The van der Waals surface area contributed by atoms with E-state index in [9.17, 15) is 9.18 Å². The van der Waals surface area contributed by atoms with Crippen LogP contribution in [0, 0.1) is 5.82 Å². The third-order valence-corrected chi connectivity index (χ3v) is 3.80. The zero-order valence-corrected chi connectivity index (χ0v) is 11.8. The number of carbonyl (C=O) groups is 1. The third-order valence-electron chi connectivity index (χ3n) is 3.80. The first-order chi connectivity index (χ1) is 10.1. The van der Waals surface area contributed by atoms with E-state index in [0.717, 1.165) is 24.2 Å². The average molecular weight is 284 g/mol. The topological polar surface area (TPSA) is 41.1 Å². The number of benzene rings is 2. The molecular weight excluding hydrogens is 267 g/mol. The summed E-state index contributed by atoms with van der Waals surface area (Å²) in [6.07, 6.45) is 1.00. The van der Waals surface area contributed by atoms with E-state index < -0.39 is 0 Å². The number of amides is 1. The second kappa shape index (κ2) is 5.56. The summed E-state index contributed by atoms with van der Waals surface area (Å²) in [5.41, 5.74) is 3.80. The van der Waals surface area contributed by atoms with Gasteiger partial charge in [-0.1, -0.05) is 18.2 Å². The molecule has 3 nitrogen and oxygen atoms in total. The lowest BCUT2D eigenvalue weighted by Gasteiger charge is -2.15. The summed E-state index contributed by atoms with van der Waals surface area (Å²) in [5, 5.41) is 6.20. The molecule has 0 aromatic heterocycles. The molecule has 1 heterocycles. The Kier molecular flexibility index (Phi) is 3.60. The molecule has 108 valence electrons. The summed E-state index contributed by atoms with van der Waals surface area (Å²) >= 11 is 0. The first-order valence-electron chi connectivity index (χ1n) is 7.06. The van der Waals surface area contributed by atoms with Gasteiger partial charge in [-0.05, 0) is 48.7 Å². The van der Waals surface area contributed by atoms with Crippen LogP contribution < -0.4 is 10.6 Å². The van der Waals surface area contributed by atoms with Crippen LogP contribution in [0.15, 0.2) is 42.5 Å². The normalized spacial score (nSPS) is 14.2. The molecule has 0 spiro atoms. The summed E-state index contributed by atoms with van der Waals surface area (Å²) in [5.74, 6) is -0.398. The molecule has 2 N–H and O–H groups in total. The molecule has 1 aliphatic heterocycles. The molecule has 1 amide bonds. The van der Waals surface area contributed by atoms with Crippen molar-refractivity contribution in [2.24, 2.45) is 0 Å². The van der Waals surface area contributed by atoms with Crippen LogP contribution in [-0.2, 0) is 6.42 Å². The fourth-order valence-corrected chi connectivity index (χ4v) is 2.55. The first-order valence-corrected chi connectivity index (χ1v) is 7.06. The quantitative estimate of drug-likeness (QED) is 0.908. The Labute approximate surface area is 123 Å². The van der Waals surface area contributed by atoms with Crippen molar-refractivity contribution in [1.82, 2.24) is 5.32 Å². The molecule has 0 saturated carbocycles. The van der Waals surface area contributed by atoms with E-state index in [0.29, 0.717) is 5.56 Å². The molecule has 0 unspecified atom stereocenters. The fourth-order valence-electron chi connectivity index (χ4n) is 2.55. The Morgan fingerprint density at radius 1 is 1.24 bits per heavy atom. The molecule has 0 saturated heterocycles. The lowest BCUT2D eigenvalue weighted by molar-refractivity contribution is 0.0940. The van der Waals surface area contributed by atoms with Crippen LogP contribution in [0.4, 0.5) is 10.1 Å². The standard InChI is InChI=1S/C17H17FN2O/c1-11(12-4-6-15(18)7-5-12)20-17(21)14-3-2-13-8-9-19-16(13)10-14/h2-7,10-11,19H,8-9H2,1H3,(H,20,21)/t11-/m1/s1. The van der Waals surface area contributed by atoms with Crippen molar-refractivity contribution in [2.75, 3.05) is 11.9 Å². The van der Waals surface area contributed by atoms with Crippen LogP contribution in [0.3, 0.4) is 0 Å². The Balaban J connectivity index is 1.72. The highest BCUT2D eigenvalue weighted by Gasteiger charge is 2.15. The van der Waals surface area contributed by atoms with Crippen LogP contribution in [-0.4, -0.2) is 12.5 Å². The maximum Gasteiger partial charge on any atom is 0.251 e. The first kappa shape index (κ1) is 13.6. The number of fused-ring (bicyclic) bond motifs is 1. The molecule has 4 heteroatoms. The molecule has 0 bridgehead atoms. The van der Waals surface area contributed by atoms with E-state index in [1.54, 1.807) is 12.1 Å². The summed E-state index contributed by atoms with van der Waals surface area (Å²) in [6, 6.07) is 11.7. The van der Waals surface area contributed by atoms with Gasteiger partial charge in [0.15, 0.2) is 0 Å². The van der Waals surface area contributed by atoms with Gasteiger partial charge < -0.3 is 10.6 Å². The van der Waals surface area contributed by atoms with E-state index >= 15 is 0 Å². The average Bonchev–Trinajstić information content (AvgIpc) is 2.95. The monoisotopic (exact) mass is 284 g/mol. The molecule has 2 aromatic rings. The number of rotatable bonds is 3. The van der Waals surface area contributed by atoms with Crippen molar-refractivity contribution in [1.29, 1.82) is 0 Å². The van der Waals surface area contributed by atoms with Crippen molar-refractivity contribution in [2.45, 2.75) is 19.4 Å². The van der Waals surface area contributed by atoms with Crippen molar-refractivity contribution >= 4 is 11.6 Å². The van der Waals surface area contributed by atoms with E-state index in [1.165, 1.54) is 17.7 Å². The second-order valence-corrected chi connectivity index (χ2v) is 5.30. The SMILES string of the molecule is C[C@@H](NC(=O)c1ccc2c(c1)NCC2)c1ccc(F)cc1. The molecule has 3 rings (SSSR count). The van der Waals surface area contributed by atoms with Gasteiger partial charge in [0.1, 0.15) is 5.82 Å². The van der Waals surface area contributed by atoms with E-state index in [4.69, 9.17) is 0 Å². The van der Waals surface area contributed by atoms with Crippen LogP contribution in [0.2, 0.25) is 0 Å². The zero-order chi connectivity index (χ0) is 14.8. The third kappa shape index (κ3) is 2.89. The van der Waals surface area contributed by atoms with Gasteiger partial charge in [-0.15, -0.1) is 0 Å². The highest BCUT2D eigenvalue weighted by atomic mass is 19.1. The highest BCUT2D eigenvalue weighted by Crippen LogP contribution is 2.23. The fraction of sp³-hybridized carbons (Fsp3) is 0.235. The van der Waals surface area contributed by atoms with Crippen LogP contribution in [0.5, 0.6) is 0 Å². The van der Waals surface area contributed by atoms with E-state index in [-0.39, 0.29) is 17.8 Å². The summed E-state index contributed by atoms with van der Waals surface area (Å²) < 4.78 is 12.9. The molecule has 21 heavy (non-hydrogen) atoms. The van der Waals surface area contributed by atoms with Gasteiger partial charge in [-0.25, -0.2) is 4.39 Å².